The molecule has 1 amide bonds. The van der Waals surface area contributed by atoms with E-state index in [1.807, 2.05) is 25.1 Å². The number of H-pyrrole nitrogens is 1. The first-order valence-corrected chi connectivity index (χ1v) is 11.6. The van der Waals surface area contributed by atoms with Crippen LogP contribution < -0.4 is 15.6 Å². The van der Waals surface area contributed by atoms with Crippen LogP contribution in [0.25, 0.3) is 10.9 Å². The number of amides is 1. The predicted octanol–water partition coefficient (Wildman–Crippen LogP) is 4.49. The van der Waals surface area contributed by atoms with Crippen molar-refractivity contribution in [1.29, 1.82) is 0 Å². The van der Waals surface area contributed by atoms with Gasteiger partial charge in [0.05, 0.1) is 23.7 Å². The van der Waals surface area contributed by atoms with Crippen LogP contribution in [0.3, 0.4) is 0 Å². The second-order valence-corrected chi connectivity index (χ2v) is 8.36. The van der Waals surface area contributed by atoms with E-state index >= 15 is 0 Å². The molecule has 0 saturated carbocycles. The van der Waals surface area contributed by atoms with E-state index in [1.165, 1.54) is 7.11 Å². The van der Waals surface area contributed by atoms with Crippen LogP contribution in [0.4, 0.5) is 5.69 Å². The molecule has 0 spiro atoms. The van der Waals surface area contributed by atoms with E-state index in [9.17, 15) is 14.4 Å². The van der Waals surface area contributed by atoms with Gasteiger partial charge in [0.15, 0.2) is 0 Å². The fourth-order valence-electron chi connectivity index (χ4n) is 3.86. The van der Waals surface area contributed by atoms with E-state index in [2.05, 4.69) is 15.3 Å². The molecule has 0 aliphatic rings. The molecular weight excluding hydrogens is 458 g/mol. The fraction of sp³-hybridized carbons (Fsp3) is 0.214. The van der Waals surface area contributed by atoms with Crippen molar-refractivity contribution < 1.29 is 19.1 Å². The Hall–Kier alpha value is -4.46. The van der Waals surface area contributed by atoms with Gasteiger partial charge in [-0.3, -0.25) is 14.4 Å². The third-order valence-corrected chi connectivity index (χ3v) is 5.66. The van der Waals surface area contributed by atoms with Crippen molar-refractivity contribution in [1.82, 2.24) is 9.97 Å². The van der Waals surface area contributed by atoms with Crippen LogP contribution in [-0.2, 0) is 20.7 Å². The van der Waals surface area contributed by atoms with E-state index < -0.39 is 18.0 Å². The van der Waals surface area contributed by atoms with Crippen molar-refractivity contribution in [3.8, 4) is 5.75 Å². The zero-order valence-electron chi connectivity index (χ0n) is 20.1. The van der Waals surface area contributed by atoms with Gasteiger partial charge in [-0.25, -0.2) is 4.98 Å². The average molecular weight is 486 g/mol. The lowest BCUT2D eigenvalue weighted by molar-refractivity contribution is -0.154. The van der Waals surface area contributed by atoms with Crippen molar-refractivity contribution in [2.45, 2.75) is 32.3 Å². The summed E-state index contributed by atoms with van der Waals surface area (Å²) in [6.07, 6.45) is -0.296. The average Bonchev–Trinajstić information content (AvgIpc) is 2.88. The van der Waals surface area contributed by atoms with E-state index in [-0.39, 0.29) is 12.0 Å². The zero-order valence-corrected chi connectivity index (χ0v) is 20.1. The van der Waals surface area contributed by atoms with Crippen molar-refractivity contribution >= 4 is 28.5 Å². The van der Waals surface area contributed by atoms with Gasteiger partial charge in [0.25, 0.3) is 11.5 Å². The molecule has 2 N–H and O–H groups in total. The minimum atomic E-state index is -1.14. The van der Waals surface area contributed by atoms with Crippen LogP contribution in [-0.4, -0.2) is 29.0 Å². The molecule has 1 aromatic heterocycles. The lowest BCUT2D eigenvalue weighted by atomic mass is 10.1. The molecule has 1 heterocycles. The second kappa shape index (κ2) is 11.3. The first-order chi connectivity index (χ1) is 17.4. The number of nitrogens with one attached hydrogen (secondary N) is 2. The van der Waals surface area contributed by atoms with Gasteiger partial charge >= 0.3 is 5.97 Å². The monoisotopic (exact) mass is 485 g/mol. The van der Waals surface area contributed by atoms with Crippen molar-refractivity contribution in [3.63, 3.8) is 0 Å². The number of nitrogens with zero attached hydrogens (tertiary/aromatic N) is 1. The number of para-hydroxylation sites is 1. The van der Waals surface area contributed by atoms with E-state index in [0.29, 0.717) is 46.6 Å². The summed E-state index contributed by atoms with van der Waals surface area (Å²) in [6.45, 7) is 1.90. The van der Waals surface area contributed by atoms with Crippen LogP contribution in [0.5, 0.6) is 5.75 Å². The van der Waals surface area contributed by atoms with Gasteiger partial charge in [-0.15, -0.1) is 0 Å². The Morgan fingerprint density at radius 3 is 2.56 bits per heavy atom. The number of ether oxygens (including phenoxy) is 2. The Labute approximate surface area is 208 Å². The maximum atomic E-state index is 13.2. The Kier molecular flexibility index (Phi) is 7.75. The van der Waals surface area contributed by atoms with E-state index in [1.54, 1.807) is 54.6 Å². The molecule has 1 unspecified atom stereocenters. The lowest BCUT2D eigenvalue weighted by Crippen LogP contribution is -2.26. The summed E-state index contributed by atoms with van der Waals surface area (Å²) < 4.78 is 11.0. The Morgan fingerprint density at radius 2 is 1.78 bits per heavy atom. The van der Waals surface area contributed by atoms with Crippen LogP contribution in [0.15, 0.2) is 77.6 Å². The number of methoxy groups -OCH3 is 1. The molecule has 8 nitrogen and oxygen atoms in total. The summed E-state index contributed by atoms with van der Waals surface area (Å²) in [5, 5.41) is 3.34. The molecule has 0 fully saturated rings. The molecule has 1 atom stereocenters. The molecule has 4 rings (SSSR count). The third kappa shape index (κ3) is 5.96. The normalized spacial score (nSPS) is 11.6. The zero-order chi connectivity index (χ0) is 25.5. The number of aromatic nitrogens is 2. The van der Waals surface area contributed by atoms with Crippen LogP contribution in [0, 0.1) is 6.92 Å². The van der Waals surface area contributed by atoms with Gasteiger partial charge in [0.2, 0.25) is 6.10 Å². The lowest BCUT2D eigenvalue weighted by Gasteiger charge is -2.19. The van der Waals surface area contributed by atoms with E-state index in [4.69, 9.17) is 9.47 Å². The first kappa shape index (κ1) is 24.7. The van der Waals surface area contributed by atoms with Gasteiger partial charge in [-0.1, -0.05) is 48.5 Å². The SMILES string of the molecule is COc1ccc(C)cc1NC(=O)C(OC(=O)CCCc1nc2ccccc2c(=O)[nH]1)c1ccccc1. The van der Waals surface area contributed by atoms with Gasteiger partial charge in [-0.05, 0) is 43.2 Å². The van der Waals surface area contributed by atoms with Crippen molar-refractivity contribution in [2.75, 3.05) is 12.4 Å². The molecule has 0 radical (unpaired) electrons. The minimum Gasteiger partial charge on any atom is -0.495 e. The highest BCUT2D eigenvalue weighted by atomic mass is 16.5. The standard InChI is InChI=1S/C28H27N3O5/c1-18-15-16-23(35-2)22(17-18)30-28(34)26(19-9-4-3-5-10-19)36-25(32)14-8-13-24-29-21-12-7-6-11-20(21)27(33)31-24/h3-7,9-12,15-17,26H,8,13-14H2,1-2H3,(H,30,34)(H,29,31,33). The Bertz CT molecular complexity index is 1430. The number of aromatic amines is 1. The Balaban J connectivity index is 1.43. The maximum absolute atomic E-state index is 13.2. The summed E-state index contributed by atoms with van der Waals surface area (Å²) >= 11 is 0. The van der Waals surface area contributed by atoms with Gasteiger partial charge in [-0.2, -0.15) is 0 Å². The molecule has 0 aliphatic heterocycles. The summed E-state index contributed by atoms with van der Waals surface area (Å²) in [5.41, 5.74) is 2.37. The smallest absolute Gasteiger partial charge is 0.306 e. The summed E-state index contributed by atoms with van der Waals surface area (Å²) in [7, 11) is 1.52. The third-order valence-electron chi connectivity index (χ3n) is 5.66. The Morgan fingerprint density at radius 1 is 1.03 bits per heavy atom. The summed E-state index contributed by atoms with van der Waals surface area (Å²) in [4.78, 5) is 45.4. The highest BCUT2D eigenvalue weighted by Crippen LogP contribution is 2.28. The van der Waals surface area contributed by atoms with Crippen LogP contribution >= 0.6 is 0 Å². The minimum absolute atomic E-state index is 0.0565. The molecule has 184 valence electrons. The van der Waals surface area contributed by atoms with Gasteiger partial charge < -0.3 is 19.8 Å². The number of fused-ring (bicyclic) bond motifs is 1. The van der Waals surface area contributed by atoms with Crippen molar-refractivity contribution in [2.24, 2.45) is 0 Å². The van der Waals surface area contributed by atoms with E-state index in [0.717, 1.165) is 5.56 Å². The first-order valence-electron chi connectivity index (χ1n) is 11.6. The number of rotatable bonds is 9. The second-order valence-electron chi connectivity index (χ2n) is 8.36. The number of carbonyl (C=O) groups is 2. The molecule has 0 aliphatic carbocycles. The molecule has 36 heavy (non-hydrogen) atoms. The largest absolute Gasteiger partial charge is 0.495 e. The molecule has 0 saturated heterocycles. The van der Waals surface area contributed by atoms with Crippen molar-refractivity contribution in [3.05, 3.63) is 100 Å². The van der Waals surface area contributed by atoms with Gasteiger partial charge in [0.1, 0.15) is 11.6 Å². The molecular formula is C28H27N3O5. The number of esters is 1. The fourth-order valence-corrected chi connectivity index (χ4v) is 3.86. The molecule has 3 aromatic carbocycles. The van der Waals surface area contributed by atoms with Crippen LogP contribution in [0.2, 0.25) is 0 Å². The number of anilines is 1. The highest BCUT2D eigenvalue weighted by Gasteiger charge is 2.26. The quantitative estimate of drug-likeness (QED) is 0.338. The predicted molar refractivity (Wildman–Crippen MR) is 137 cm³/mol. The number of hydrogen-bond acceptors (Lipinski definition) is 6. The number of hydrogen-bond donors (Lipinski definition) is 2. The van der Waals surface area contributed by atoms with Crippen LogP contribution in [0.1, 0.15) is 35.9 Å². The maximum Gasteiger partial charge on any atom is 0.306 e. The number of benzene rings is 3. The molecule has 8 heteroatoms. The molecule has 0 bridgehead atoms. The van der Waals surface area contributed by atoms with Gasteiger partial charge in [0, 0.05) is 18.4 Å². The summed E-state index contributed by atoms with van der Waals surface area (Å²) in [6, 6.07) is 21.3. The molecule has 4 aromatic rings. The number of aryl methyl sites for hydroxylation is 2. The highest BCUT2D eigenvalue weighted by molar-refractivity contribution is 5.97. The summed E-state index contributed by atoms with van der Waals surface area (Å²) in [5.74, 6) is -0.0170. The number of carbonyl (C=O) groups excluding carboxylic acids is 2. The topological polar surface area (TPSA) is 110 Å².